The van der Waals surface area contributed by atoms with Gasteiger partial charge in [0.2, 0.25) is 0 Å². The lowest BCUT2D eigenvalue weighted by molar-refractivity contribution is -0.112. The average molecular weight is 375 g/mol. The zero-order valence-corrected chi connectivity index (χ0v) is 14.9. The van der Waals surface area contributed by atoms with Crippen molar-refractivity contribution in [2.45, 2.75) is 24.4 Å². The van der Waals surface area contributed by atoms with Crippen molar-refractivity contribution in [2.75, 3.05) is 30.8 Å². The second-order valence-corrected chi connectivity index (χ2v) is 6.77. The molecule has 0 aliphatic carbocycles. The van der Waals surface area contributed by atoms with E-state index < -0.39 is 31.0 Å². The number of H-pyrrole nitrogens is 1. The Morgan fingerprint density at radius 3 is 2.37 bits per heavy atom. The number of hydrogen-bond acceptors (Lipinski definition) is 7. The SMILES string of the molecule is CN(CC(O)C(O)C(O)C(O)CO)c1ccc(N)c2[nH]c3ccccc3c12. The molecule has 0 saturated carbocycles. The lowest BCUT2D eigenvalue weighted by atomic mass is 10.0. The summed E-state index contributed by atoms with van der Waals surface area (Å²) in [5.74, 6) is 0. The Labute approximate surface area is 156 Å². The second kappa shape index (κ2) is 7.71. The van der Waals surface area contributed by atoms with Crippen LogP contribution in [-0.2, 0) is 0 Å². The molecule has 0 bridgehead atoms. The number of nitrogen functional groups attached to an aromatic ring is 1. The Bertz CT molecular complexity index is 928. The molecule has 146 valence electrons. The highest BCUT2D eigenvalue weighted by atomic mass is 16.4. The number of aliphatic hydroxyl groups is 5. The highest BCUT2D eigenvalue weighted by molar-refractivity contribution is 6.16. The van der Waals surface area contributed by atoms with Crippen LogP contribution < -0.4 is 10.6 Å². The van der Waals surface area contributed by atoms with Crippen molar-refractivity contribution in [1.29, 1.82) is 0 Å². The van der Waals surface area contributed by atoms with E-state index in [1.165, 1.54) is 0 Å². The minimum absolute atomic E-state index is 0.00506. The monoisotopic (exact) mass is 375 g/mol. The highest BCUT2D eigenvalue weighted by Crippen LogP contribution is 2.36. The predicted octanol–water partition coefficient (Wildman–Crippen LogP) is -0.225. The molecule has 3 rings (SSSR count). The number of aliphatic hydroxyl groups excluding tert-OH is 5. The number of nitrogens with two attached hydrogens (primary N) is 1. The number of benzene rings is 2. The number of fused-ring (bicyclic) bond motifs is 3. The molecule has 4 unspecified atom stereocenters. The third-order valence-electron chi connectivity index (χ3n) is 4.87. The molecule has 1 heterocycles. The van der Waals surface area contributed by atoms with Gasteiger partial charge in [0.1, 0.15) is 18.3 Å². The van der Waals surface area contributed by atoms with Gasteiger partial charge < -0.3 is 41.2 Å². The molecule has 0 saturated heterocycles. The fourth-order valence-electron chi connectivity index (χ4n) is 3.33. The van der Waals surface area contributed by atoms with Gasteiger partial charge in [-0.3, -0.25) is 0 Å². The molecule has 0 spiro atoms. The van der Waals surface area contributed by atoms with Crippen molar-refractivity contribution in [3.05, 3.63) is 36.4 Å². The van der Waals surface area contributed by atoms with Gasteiger partial charge in [-0.15, -0.1) is 0 Å². The van der Waals surface area contributed by atoms with E-state index in [4.69, 9.17) is 10.8 Å². The van der Waals surface area contributed by atoms with E-state index >= 15 is 0 Å². The molecule has 2 aromatic carbocycles. The second-order valence-electron chi connectivity index (χ2n) is 6.77. The first-order valence-corrected chi connectivity index (χ1v) is 8.68. The Morgan fingerprint density at radius 2 is 1.67 bits per heavy atom. The van der Waals surface area contributed by atoms with Crippen molar-refractivity contribution in [2.24, 2.45) is 0 Å². The minimum atomic E-state index is -1.65. The quantitative estimate of drug-likeness (QED) is 0.282. The van der Waals surface area contributed by atoms with Gasteiger partial charge in [-0.1, -0.05) is 18.2 Å². The van der Waals surface area contributed by atoms with Gasteiger partial charge in [-0.05, 0) is 18.2 Å². The number of anilines is 2. The maximum atomic E-state index is 10.3. The molecule has 0 aliphatic rings. The molecule has 27 heavy (non-hydrogen) atoms. The number of para-hydroxylation sites is 1. The van der Waals surface area contributed by atoms with E-state index in [1.807, 2.05) is 30.3 Å². The maximum Gasteiger partial charge on any atom is 0.111 e. The normalized spacial score (nSPS) is 16.4. The van der Waals surface area contributed by atoms with Crippen LogP contribution in [0.4, 0.5) is 11.4 Å². The van der Waals surface area contributed by atoms with Crippen LogP contribution in [0.5, 0.6) is 0 Å². The molecule has 0 amide bonds. The summed E-state index contributed by atoms with van der Waals surface area (Å²) < 4.78 is 0. The van der Waals surface area contributed by atoms with Crippen molar-refractivity contribution >= 4 is 33.2 Å². The number of aromatic amines is 1. The highest BCUT2D eigenvalue weighted by Gasteiger charge is 2.31. The molecule has 0 fully saturated rings. The number of aromatic nitrogens is 1. The van der Waals surface area contributed by atoms with Crippen LogP contribution in [0.15, 0.2) is 36.4 Å². The summed E-state index contributed by atoms with van der Waals surface area (Å²) in [6.07, 6.45) is -6.14. The lowest BCUT2D eigenvalue weighted by Gasteiger charge is -2.30. The van der Waals surface area contributed by atoms with Crippen LogP contribution in [0.3, 0.4) is 0 Å². The number of likely N-dealkylation sites (N-methyl/N-ethyl adjacent to an activating group) is 1. The first-order valence-electron chi connectivity index (χ1n) is 8.68. The van der Waals surface area contributed by atoms with Crippen LogP contribution in [-0.4, -0.2) is 75.1 Å². The standard InChI is InChI=1S/C19H25N3O5/c1-22(8-14(24)18(26)19(27)15(25)9-23)13-7-6-11(20)17-16(13)10-4-2-3-5-12(10)21-17/h2-7,14-15,18-19,21,23-27H,8-9,20H2,1H3. The molecule has 0 aliphatic heterocycles. The molecular formula is C19H25N3O5. The molecule has 3 aromatic rings. The van der Waals surface area contributed by atoms with Crippen molar-refractivity contribution < 1.29 is 25.5 Å². The summed E-state index contributed by atoms with van der Waals surface area (Å²) in [6.45, 7) is -0.719. The van der Waals surface area contributed by atoms with Crippen molar-refractivity contribution in [1.82, 2.24) is 4.98 Å². The van der Waals surface area contributed by atoms with Gasteiger partial charge in [-0.25, -0.2) is 0 Å². The number of nitrogens with one attached hydrogen (secondary N) is 1. The van der Waals surface area contributed by atoms with Gasteiger partial charge in [0.05, 0.1) is 23.9 Å². The van der Waals surface area contributed by atoms with E-state index in [0.29, 0.717) is 5.69 Å². The van der Waals surface area contributed by atoms with Gasteiger partial charge in [0.25, 0.3) is 0 Å². The van der Waals surface area contributed by atoms with E-state index in [9.17, 15) is 20.4 Å². The molecule has 1 aromatic heterocycles. The lowest BCUT2D eigenvalue weighted by Crippen LogP contribution is -2.49. The Balaban J connectivity index is 1.92. The smallest absolute Gasteiger partial charge is 0.111 e. The first-order chi connectivity index (χ1) is 12.8. The minimum Gasteiger partial charge on any atom is -0.397 e. The molecule has 8 nitrogen and oxygen atoms in total. The Kier molecular flexibility index (Phi) is 5.54. The van der Waals surface area contributed by atoms with E-state index in [2.05, 4.69) is 4.98 Å². The van der Waals surface area contributed by atoms with Gasteiger partial charge in [-0.2, -0.15) is 0 Å². The number of hydrogen-bond donors (Lipinski definition) is 7. The van der Waals surface area contributed by atoms with Crippen LogP contribution >= 0.6 is 0 Å². The average Bonchev–Trinajstić information content (AvgIpc) is 3.06. The fraction of sp³-hybridized carbons (Fsp3) is 0.368. The molecule has 0 radical (unpaired) electrons. The van der Waals surface area contributed by atoms with Crippen molar-refractivity contribution in [3.8, 4) is 0 Å². The van der Waals surface area contributed by atoms with Gasteiger partial charge in [0.15, 0.2) is 0 Å². The Hall–Kier alpha value is -2.36. The molecule has 8 N–H and O–H groups in total. The van der Waals surface area contributed by atoms with E-state index in [0.717, 1.165) is 27.5 Å². The summed E-state index contributed by atoms with van der Waals surface area (Å²) in [4.78, 5) is 5.04. The zero-order chi connectivity index (χ0) is 19.7. The van der Waals surface area contributed by atoms with Crippen LogP contribution in [0.2, 0.25) is 0 Å². The summed E-state index contributed by atoms with van der Waals surface area (Å²) in [5, 5.41) is 50.3. The fourth-order valence-corrected chi connectivity index (χ4v) is 3.33. The third-order valence-corrected chi connectivity index (χ3v) is 4.87. The number of nitrogens with zero attached hydrogens (tertiary/aromatic N) is 1. The molecule has 4 atom stereocenters. The molecular weight excluding hydrogens is 350 g/mol. The first kappa shape index (κ1) is 19.4. The van der Waals surface area contributed by atoms with Gasteiger partial charge >= 0.3 is 0 Å². The van der Waals surface area contributed by atoms with Crippen molar-refractivity contribution in [3.63, 3.8) is 0 Å². The van der Waals surface area contributed by atoms with E-state index in [-0.39, 0.29) is 6.54 Å². The third kappa shape index (κ3) is 3.58. The number of rotatable bonds is 7. The molecule has 8 heteroatoms. The van der Waals surface area contributed by atoms with E-state index in [1.54, 1.807) is 18.0 Å². The zero-order valence-electron chi connectivity index (χ0n) is 14.9. The van der Waals surface area contributed by atoms with Crippen LogP contribution in [0, 0.1) is 0 Å². The van der Waals surface area contributed by atoms with Crippen LogP contribution in [0.1, 0.15) is 0 Å². The summed E-state index contributed by atoms with van der Waals surface area (Å²) in [7, 11) is 1.75. The maximum absolute atomic E-state index is 10.3. The van der Waals surface area contributed by atoms with Crippen LogP contribution in [0.25, 0.3) is 21.8 Å². The van der Waals surface area contributed by atoms with Gasteiger partial charge in [0, 0.05) is 35.6 Å². The Morgan fingerprint density at radius 1 is 1.00 bits per heavy atom. The predicted molar refractivity (Wildman–Crippen MR) is 105 cm³/mol. The topological polar surface area (TPSA) is 146 Å². The largest absolute Gasteiger partial charge is 0.397 e. The summed E-state index contributed by atoms with van der Waals surface area (Å²) in [5.41, 5.74) is 9.21. The summed E-state index contributed by atoms with van der Waals surface area (Å²) in [6, 6.07) is 11.4. The summed E-state index contributed by atoms with van der Waals surface area (Å²) >= 11 is 0.